The van der Waals surface area contributed by atoms with Crippen molar-refractivity contribution in [3.8, 4) is 5.88 Å². The number of allylic oxidation sites excluding steroid dienone is 1. The topological polar surface area (TPSA) is 77.7 Å². The standard InChI is InChI=1S/C17H28N4O3/c1-9-13(18-7)14-12(3)20-21(8)15(14)23-10-11(2)19-16(22)24-17(4,5)6/h9,11H,7,10H2,1-6,8H3,(H,19,22)/b13-9-. The van der Waals surface area contributed by atoms with Crippen molar-refractivity contribution in [1.82, 2.24) is 15.1 Å². The molecule has 1 rings (SSSR count). The summed E-state index contributed by atoms with van der Waals surface area (Å²) < 4.78 is 12.7. The van der Waals surface area contributed by atoms with E-state index in [0.717, 1.165) is 11.3 Å². The van der Waals surface area contributed by atoms with Crippen LogP contribution in [-0.4, -0.2) is 40.8 Å². The number of hydrogen-bond acceptors (Lipinski definition) is 5. The molecular weight excluding hydrogens is 308 g/mol. The minimum absolute atomic E-state index is 0.228. The number of aryl methyl sites for hydroxylation is 2. The number of hydrogen-bond donors (Lipinski definition) is 1. The number of nitrogens with zero attached hydrogens (tertiary/aromatic N) is 3. The van der Waals surface area contributed by atoms with Gasteiger partial charge in [0.15, 0.2) is 0 Å². The number of aliphatic imine (C=N–C) groups is 1. The lowest BCUT2D eigenvalue weighted by Gasteiger charge is -2.22. The zero-order chi connectivity index (χ0) is 18.5. The quantitative estimate of drug-likeness (QED) is 0.810. The molecule has 1 aromatic heterocycles. The molecule has 24 heavy (non-hydrogen) atoms. The molecule has 0 saturated carbocycles. The smallest absolute Gasteiger partial charge is 0.407 e. The van der Waals surface area contributed by atoms with Gasteiger partial charge in [0.1, 0.15) is 12.2 Å². The monoisotopic (exact) mass is 336 g/mol. The molecule has 1 amide bonds. The molecule has 7 heteroatoms. The molecule has 0 aliphatic rings. The van der Waals surface area contributed by atoms with E-state index in [1.807, 2.05) is 47.6 Å². The minimum Gasteiger partial charge on any atom is -0.475 e. The molecule has 0 radical (unpaired) electrons. The normalized spacial score (nSPS) is 13.4. The molecule has 0 saturated heterocycles. The fourth-order valence-corrected chi connectivity index (χ4v) is 2.17. The van der Waals surface area contributed by atoms with E-state index >= 15 is 0 Å². The van der Waals surface area contributed by atoms with Crippen LogP contribution in [0.5, 0.6) is 5.88 Å². The maximum absolute atomic E-state index is 11.8. The maximum atomic E-state index is 11.8. The predicted octanol–water partition coefficient (Wildman–Crippen LogP) is 3.08. The van der Waals surface area contributed by atoms with Crippen molar-refractivity contribution in [2.45, 2.75) is 53.2 Å². The van der Waals surface area contributed by atoms with Crippen molar-refractivity contribution in [2.24, 2.45) is 12.0 Å². The van der Waals surface area contributed by atoms with Crippen LogP contribution in [0.4, 0.5) is 4.79 Å². The summed E-state index contributed by atoms with van der Waals surface area (Å²) in [5, 5.41) is 7.11. The van der Waals surface area contributed by atoms with Gasteiger partial charge in [0.25, 0.3) is 0 Å². The van der Waals surface area contributed by atoms with E-state index in [-0.39, 0.29) is 12.6 Å². The van der Waals surface area contributed by atoms with Crippen LogP contribution >= 0.6 is 0 Å². The Bertz CT molecular complexity index is 627. The Labute approximate surface area is 143 Å². The summed E-state index contributed by atoms with van der Waals surface area (Å²) >= 11 is 0. The van der Waals surface area contributed by atoms with Gasteiger partial charge < -0.3 is 14.8 Å². The summed E-state index contributed by atoms with van der Waals surface area (Å²) in [6, 6.07) is -0.228. The van der Waals surface area contributed by atoms with Crippen LogP contribution in [0.2, 0.25) is 0 Å². The second-order valence-corrected chi connectivity index (χ2v) is 6.58. The molecule has 0 spiro atoms. The fraction of sp³-hybridized carbons (Fsp3) is 0.588. The highest BCUT2D eigenvalue weighted by atomic mass is 16.6. The van der Waals surface area contributed by atoms with E-state index in [1.54, 1.807) is 11.7 Å². The van der Waals surface area contributed by atoms with Crippen molar-refractivity contribution in [1.29, 1.82) is 0 Å². The molecule has 0 aromatic carbocycles. The SMILES string of the molecule is C=N/C(=C\C)c1c(C)nn(C)c1OCC(C)NC(=O)OC(C)(C)C. The number of rotatable bonds is 6. The van der Waals surface area contributed by atoms with Gasteiger partial charge in [0, 0.05) is 7.05 Å². The molecule has 1 aromatic rings. The molecule has 0 fully saturated rings. The van der Waals surface area contributed by atoms with Crippen molar-refractivity contribution in [2.75, 3.05) is 6.61 Å². The van der Waals surface area contributed by atoms with Gasteiger partial charge in [-0.1, -0.05) is 6.08 Å². The third-order valence-corrected chi connectivity index (χ3v) is 3.10. The largest absolute Gasteiger partial charge is 0.475 e. The Kier molecular flexibility index (Phi) is 6.57. The Balaban J connectivity index is 2.78. The first kappa shape index (κ1) is 19.7. The lowest BCUT2D eigenvalue weighted by atomic mass is 10.2. The summed E-state index contributed by atoms with van der Waals surface area (Å²) in [6.07, 6.45) is 1.38. The van der Waals surface area contributed by atoms with Crippen molar-refractivity contribution >= 4 is 18.5 Å². The van der Waals surface area contributed by atoms with Crippen molar-refractivity contribution in [3.63, 3.8) is 0 Å². The van der Waals surface area contributed by atoms with Crippen LogP contribution in [0.1, 0.15) is 45.9 Å². The van der Waals surface area contributed by atoms with Gasteiger partial charge in [-0.15, -0.1) is 0 Å². The van der Waals surface area contributed by atoms with E-state index < -0.39 is 11.7 Å². The third-order valence-electron chi connectivity index (χ3n) is 3.10. The Morgan fingerprint density at radius 1 is 1.50 bits per heavy atom. The van der Waals surface area contributed by atoms with E-state index in [0.29, 0.717) is 11.6 Å². The molecule has 1 atom stereocenters. The molecular formula is C17H28N4O3. The van der Waals surface area contributed by atoms with Gasteiger partial charge in [-0.05, 0) is 48.3 Å². The first-order valence-corrected chi connectivity index (χ1v) is 7.88. The highest BCUT2D eigenvalue weighted by Crippen LogP contribution is 2.29. The second-order valence-electron chi connectivity index (χ2n) is 6.58. The highest BCUT2D eigenvalue weighted by Gasteiger charge is 2.20. The van der Waals surface area contributed by atoms with E-state index in [9.17, 15) is 4.79 Å². The van der Waals surface area contributed by atoms with Gasteiger partial charge in [0.2, 0.25) is 5.88 Å². The molecule has 0 bridgehead atoms. The average molecular weight is 336 g/mol. The number of ether oxygens (including phenoxy) is 2. The van der Waals surface area contributed by atoms with Crippen LogP contribution in [0.3, 0.4) is 0 Å². The van der Waals surface area contributed by atoms with E-state index in [1.165, 1.54) is 0 Å². The van der Waals surface area contributed by atoms with Crippen LogP contribution in [-0.2, 0) is 11.8 Å². The number of amides is 1. The first-order valence-electron chi connectivity index (χ1n) is 7.88. The minimum atomic E-state index is -0.534. The van der Waals surface area contributed by atoms with Gasteiger partial charge in [-0.25, -0.2) is 9.48 Å². The zero-order valence-corrected chi connectivity index (χ0v) is 15.6. The second kappa shape index (κ2) is 7.99. The number of nitrogens with one attached hydrogen (secondary N) is 1. The van der Waals surface area contributed by atoms with Crippen LogP contribution in [0.25, 0.3) is 5.70 Å². The summed E-state index contributed by atoms with van der Waals surface area (Å²) in [6.45, 7) is 14.9. The van der Waals surface area contributed by atoms with Crippen LogP contribution < -0.4 is 10.1 Å². The number of alkyl carbamates (subject to hydrolysis) is 1. The summed E-state index contributed by atoms with van der Waals surface area (Å²) in [7, 11) is 1.80. The molecule has 1 unspecified atom stereocenters. The zero-order valence-electron chi connectivity index (χ0n) is 15.6. The molecule has 1 N–H and O–H groups in total. The highest BCUT2D eigenvalue weighted by molar-refractivity contribution is 5.72. The van der Waals surface area contributed by atoms with Gasteiger partial charge in [0.05, 0.1) is 23.0 Å². The van der Waals surface area contributed by atoms with E-state index in [2.05, 4.69) is 22.1 Å². The number of carbonyl (C=O) groups is 1. The summed E-state index contributed by atoms with van der Waals surface area (Å²) in [5.74, 6) is 0.589. The van der Waals surface area contributed by atoms with Gasteiger partial charge in [-0.2, -0.15) is 5.10 Å². The number of aromatic nitrogens is 2. The Hall–Kier alpha value is -2.31. The lowest BCUT2D eigenvalue weighted by Crippen LogP contribution is -2.40. The third kappa shape index (κ3) is 5.40. The average Bonchev–Trinajstić information content (AvgIpc) is 2.70. The van der Waals surface area contributed by atoms with Crippen LogP contribution in [0, 0.1) is 6.92 Å². The maximum Gasteiger partial charge on any atom is 0.407 e. The molecule has 0 aliphatic carbocycles. The van der Waals surface area contributed by atoms with Crippen LogP contribution in [0.15, 0.2) is 11.1 Å². The predicted molar refractivity (Wildman–Crippen MR) is 95.5 cm³/mol. The molecule has 134 valence electrons. The van der Waals surface area contributed by atoms with Crippen molar-refractivity contribution < 1.29 is 14.3 Å². The number of carbonyl (C=O) groups excluding carboxylic acids is 1. The first-order chi connectivity index (χ1) is 11.1. The molecule has 1 heterocycles. The fourth-order valence-electron chi connectivity index (χ4n) is 2.17. The van der Waals surface area contributed by atoms with Gasteiger partial charge in [-0.3, -0.25) is 4.99 Å². The lowest BCUT2D eigenvalue weighted by molar-refractivity contribution is 0.0492. The molecule has 7 nitrogen and oxygen atoms in total. The summed E-state index contributed by atoms with van der Waals surface area (Å²) in [5.41, 5.74) is 1.79. The van der Waals surface area contributed by atoms with Crippen molar-refractivity contribution in [3.05, 3.63) is 17.3 Å². The summed E-state index contributed by atoms with van der Waals surface area (Å²) in [4.78, 5) is 15.8. The molecule has 0 aliphatic heterocycles. The van der Waals surface area contributed by atoms with Gasteiger partial charge >= 0.3 is 6.09 Å². The van der Waals surface area contributed by atoms with E-state index in [4.69, 9.17) is 9.47 Å². The Morgan fingerprint density at radius 2 is 2.12 bits per heavy atom. The Morgan fingerprint density at radius 3 is 2.62 bits per heavy atom.